The molecule has 1 unspecified atom stereocenters. The van der Waals surface area contributed by atoms with Crippen LogP contribution in [-0.2, 0) is 16.1 Å². The van der Waals surface area contributed by atoms with Gasteiger partial charge in [0, 0.05) is 11.9 Å². The predicted molar refractivity (Wildman–Crippen MR) is 82.4 cm³/mol. The van der Waals surface area contributed by atoms with Gasteiger partial charge in [-0.05, 0) is 36.2 Å². The number of carbonyl (C=O) groups excluding carboxylic acids is 1. The topological polar surface area (TPSA) is 35.5 Å². The molecule has 21 heavy (non-hydrogen) atoms. The van der Waals surface area contributed by atoms with Crippen molar-refractivity contribution in [2.75, 3.05) is 0 Å². The molecule has 1 atom stereocenters. The summed E-state index contributed by atoms with van der Waals surface area (Å²) in [6.45, 7) is 3.64. The first-order valence-electron chi connectivity index (χ1n) is 6.69. The highest BCUT2D eigenvalue weighted by Gasteiger charge is 2.11. The van der Waals surface area contributed by atoms with Crippen molar-refractivity contribution in [2.45, 2.75) is 26.6 Å². The third kappa shape index (κ3) is 4.80. The van der Waals surface area contributed by atoms with Gasteiger partial charge >= 0.3 is 5.97 Å². The van der Waals surface area contributed by atoms with Crippen LogP contribution in [0.15, 0.2) is 48.5 Å². The predicted octanol–water partition coefficient (Wildman–Crippen LogP) is 4.54. The van der Waals surface area contributed by atoms with Gasteiger partial charge in [0.1, 0.15) is 18.5 Å². The molecule has 0 aliphatic carbocycles. The highest BCUT2D eigenvalue weighted by atomic mass is 35.5. The molecule has 2 rings (SSSR count). The maximum atomic E-state index is 11.0. The summed E-state index contributed by atoms with van der Waals surface area (Å²) < 4.78 is 10.9. The van der Waals surface area contributed by atoms with E-state index in [4.69, 9.17) is 21.1 Å². The van der Waals surface area contributed by atoms with Gasteiger partial charge in [-0.3, -0.25) is 4.79 Å². The van der Waals surface area contributed by atoms with Crippen LogP contribution in [-0.4, -0.2) is 5.97 Å². The van der Waals surface area contributed by atoms with E-state index in [1.165, 1.54) is 6.92 Å². The minimum atomic E-state index is -0.361. The van der Waals surface area contributed by atoms with Crippen molar-refractivity contribution in [3.8, 4) is 5.75 Å². The number of ether oxygens (including phenoxy) is 2. The second-order valence-electron chi connectivity index (χ2n) is 4.75. The molecule has 0 spiro atoms. The maximum Gasteiger partial charge on any atom is 0.303 e. The minimum absolute atomic E-state index is 0.325. The number of esters is 1. The molecule has 2 aromatic carbocycles. The van der Waals surface area contributed by atoms with E-state index < -0.39 is 0 Å². The number of rotatable bonds is 5. The molecule has 0 bridgehead atoms. The van der Waals surface area contributed by atoms with Crippen molar-refractivity contribution in [2.24, 2.45) is 0 Å². The smallest absolute Gasteiger partial charge is 0.303 e. The zero-order valence-electron chi connectivity index (χ0n) is 12.0. The average Bonchev–Trinajstić information content (AvgIpc) is 2.45. The Bertz CT molecular complexity index is 611. The highest BCUT2D eigenvalue weighted by molar-refractivity contribution is 6.30. The average molecular weight is 305 g/mol. The molecule has 0 radical (unpaired) electrons. The van der Waals surface area contributed by atoms with Crippen LogP contribution >= 0.6 is 11.6 Å². The molecule has 0 heterocycles. The van der Waals surface area contributed by atoms with E-state index in [9.17, 15) is 4.79 Å². The lowest BCUT2D eigenvalue weighted by molar-refractivity contribution is -0.145. The number of hydrogen-bond acceptors (Lipinski definition) is 3. The van der Waals surface area contributed by atoms with Crippen molar-refractivity contribution >= 4 is 17.6 Å². The summed E-state index contributed by atoms with van der Waals surface area (Å²) in [5.41, 5.74) is 1.88. The summed E-state index contributed by atoms with van der Waals surface area (Å²) in [7, 11) is 0. The third-order valence-electron chi connectivity index (χ3n) is 2.95. The van der Waals surface area contributed by atoms with E-state index in [-0.39, 0.29) is 12.1 Å². The molecular formula is C17H17ClO3. The summed E-state index contributed by atoms with van der Waals surface area (Å²) >= 11 is 6.09. The van der Waals surface area contributed by atoms with Crippen LogP contribution in [0.4, 0.5) is 0 Å². The van der Waals surface area contributed by atoms with Gasteiger partial charge in [-0.25, -0.2) is 0 Å². The lowest BCUT2D eigenvalue weighted by atomic mass is 10.1. The zero-order chi connectivity index (χ0) is 15.2. The quantitative estimate of drug-likeness (QED) is 0.761. The monoisotopic (exact) mass is 304 g/mol. The Morgan fingerprint density at radius 3 is 2.57 bits per heavy atom. The summed E-state index contributed by atoms with van der Waals surface area (Å²) in [6, 6.07) is 15.2. The van der Waals surface area contributed by atoms with Crippen molar-refractivity contribution < 1.29 is 14.3 Å². The zero-order valence-corrected chi connectivity index (χ0v) is 12.8. The lowest BCUT2D eigenvalue weighted by Crippen LogP contribution is -2.05. The molecule has 0 saturated carbocycles. The van der Waals surface area contributed by atoms with Crippen LogP contribution in [0.2, 0.25) is 5.02 Å². The van der Waals surface area contributed by atoms with Gasteiger partial charge in [-0.1, -0.05) is 41.9 Å². The van der Waals surface area contributed by atoms with E-state index in [1.54, 1.807) is 19.1 Å². The fourth-order valence-electron chi connectivity index (χ4n) is 1.96. The molecule has 0 fully saturated rings. The molecule has 0 N–H and O–H groups in total. The van der Waals surface area contributed by atoms with Crippen molar-refractivity contribution in [1.82, 2.24) is 0 Å². The van der Waals surface area contributed by atoms with E-state index in [2.05, 4.69) is 0 Å². The Morgan fingerprint density at radius 1 is 1.19 bits per heavy atom. The summed E-state index contributed by atoms with van der Waals surface area (Å²) in [4.78, 5) is 11.0. The standard InChI is InChI=1S/C17H17ClO3/c1-12(21-13(2)19)15-8-16(18)10-17(9-15)20-11-14-6-4-3-5-7-14/h3-10,12H,11H2,1-2H3. The van der Waals surface area contributed by atoms with Crippen LogP contribution in [0, 0.1) is 0 Å². The molecule has 0 aliphatic heterocycles. The normalized spacial score (nSPS) is 11.8. The van der Waals surface area contributed by atoms with Gasteiger partial charge in [0.2, 0.25) is 0 Å². The number of benzene rings is 2. The molecule has 0 amide bonds. The van der Waals surface area contributed by atoms with E-state index in [1.807, 2.05) is 36.4 Å². The largest absolute Gasteiger partial charge is 0.489 e. The van der Waals surface area contributed by atoms with E-state index in [0.29, 0.717) is 17.4 Å². The summed E-state index contributed by atoms with van der Waals surface area (Å²) in [5, 5.41) is 0.551. The van der Waals surface area contributed by atoms with Gasteiger partial charge in [0.05, 0.1) is 0 Å². The Hall–Kier alpha value is -2.00. The van der Waals surface area contributed by atoms with Crippen LogP contribution in [0.3, 0.4) is 0 Å². The summed E-state index contributed by atoms with van der Waals surface area (Å²) in [6.07, 6.45) is -0.361. The Balaban J connectivity index is 2.09. The van der Waals surface area contributed by atoms with Gasteiger partial charge in [0.15, 0.2) is 0 Å². The summed E-state index contributed by atoms with van der Waals surface area (Å²) in [5.74, 6) is 0.328. The molecule has 0 aromatic heterocycles. The Morgan fingerprint density at radius 2 is 1.90 bits per heavy atom. The molecule has 3 nitrogen and oxygen atoms in total. The number of hydrogen-bond donors (Lipinski definition) is 0. The van der Waals surface area contributed by atoms with Crippen LogP contribution < -0.4 is 4.74 Å². The highest BCUT2D eigenvalue weighted by Crippen LogP contribution is 2.27. The SMILES string of the molecule is CC(=O)OC(C)c1cc(Cl)cc(OCc2ccccc2)c1. The third-order valence-corrected chi connectivity index (χ3v) is 3.17. The molecule has 0 saturated heterocycles. The molecule has 2 aromatic rings. The second kappa shape index (κ2) is 7.14. The van der Waals surface area contributed by atoms with Gasteiger partial charge in [-0.15, -0.1) is 0 Å². The van der Waals surface area contributed by atoms with Gasteiger partial charge < -0.3 is 9.47 Å². The first-order valence-corrected chi connectivity index (χ1v) is 7.07. The van der Waals surface area contributed by atoms with Crippen molar-refractivity contribution in [3.05, 3.63) is 64.7 Å². The fraction of sp³-hybridized carbons (Fsp3) is 0.235. The number of carbonyl (C=O) groups is 1. The van der Waals surface area contributed by atoms with Crippen LogP contribution in [0.25, 0.3) is 0 Å². The molecule has 4 heteroatoms. The number of halogens is 1. The van der Waals surface area contributed by atoms with E-state index in [0.717, 1.165) is 11.1 Å². The van der Waals surface area contributed by atoms with Crippen LogP contribution in [0.5, 0.6) is 5.75 Å². The Labute approximate surface area is 129 Å². The van der Waals surface area contributed by atoms with Crippen molar-refractivity contribution in [3.63, 3.8) is 0 Å². The van der Waals surface area contributed by atoms with Gasteiger partial charge in [-0.2, -0.15) is 0 Å². The minimum Gasteiger partial charge on any atom is -0.489 e. The van der Waals surface area contributed by atoms with Crippen molar-refractivity contribution in [1.29, 1.82) is 0 Å². The second-order valence-corrected chi connectivity index (χ2v) is 5.18. The first kappa shape index (κ1) is 15.4. The molecule has 110 valence electrons. The molecular weight excluding hydrogens is 288 g/mol. The van der Waals surface area contributed by atoms with E-state index >= 15 is 0 Å². The van der Waals surface area contributed by atoms with Crippen LogP contribution in [0.1, 0.15) is 31.1 Å². The fourth-order valence-corrected chi connectivity index (χ4v) is 2.19. The lowest BCUT2D eigenvalue weighted by Gasteiger charge is -2.14. The Kier molecular flexibility index (Phi) is 5.23. The first-order chi connectivity index (χ1) is 10.0. The van der Waals surface area contributed by atoms with Gasteiger partial charge in [0.25, 0.3) is 0 Å². The molecule has 0 aliphatic rings. The maximum absolute atomic E-state index is 11.0.